The second-order valence-electron chi connectivity index (χ2n) is 6.74. The molecule has 1 amide bonds. The number of alkyl halides is 1. The molecule has 0 bridgehead atoms. The van der Waals surface area contributed by atoms with Crippen LogP contribution < -0.4 is 4.90 Å². The number of anilines is 1. The molecule has 2 saturated heterocycles. The van der Waals surface area contributed by atoms with Gasteiger partial charge in [0.15, 0.2) is 5.82 Å². The number of benzene rings is 1. The van der Waals surface area contributed by atoms with E-state index in [-0.39, 0.29) is 17.9 Å². The van der Waals surface area contributed by atoms with Gasteiger partial charge in [-0.1, -0.05) is 24.3 Å². The Hall–Kier alpha value is -2.24. The number of carbonyl (C=O) groups excluding carboxylic acids is 1. The van der Waals surface area contributed by atoms with Gasteiger partial charge in [0.05, 0.1) is 12.9 Å². The fourth-order valence-corrected chi connectivity index (χ4v) is 3.90. The number of hydrogen-bond donors (Lipinski definition) is 0. The molecule has 1 unspecified atom stereocenters. The summed E-state index contributed by atoms with van der Waals surface area (Å²) in [5.41, 5.74) is 0. The standard InChI is InChI=1S/C18H21FN4O/c19-10-13-9-17(24)23(12-13)15-5-7-22(8-6-15)18-16-4-2-1-3-14(16)11-20-21-18/h1-4,11,13,15H,5-10,12H2. The van der Waals surface area contributed by atoms with Crippen LogP contribution >= 0.6 is 0 Å². The van der Waals surface area contributed by atoms with Gasteiger partial charge in [-0.15, -0.1) is 5.10 Å². The monoisotopic (exact) mass is 328 g/mol. The summed E-state index contributed by atoms with van der Waals surface area (Å²) in [7, 11) is 0. The maximum atomic E-state index is 12.8. The molecule has 2 fully saturated rings. The molecular weight excluding hydrogens is 307 g/mol. The Kier molecular flexibility index (Phi) is 4.04. The minimum Gasteiger partial charge on any atom is -0.354 e. The number of aromatic nitrogens is 2. The Labute approximate surface area is 140 Å². The van der Waals surface area contributed by atoms with Crippen molar-refractivity contribution in [3.63, 3.8) is 0 Å². The number of piperidine rings is 1. The normalized spacial score (nSPS) is 22.5. The molecular formula is C18H21FN4O. The Morgan fingerprint density at radius 1 is 1.21 bits per heavy atom. The van der Waals surface area contributed by atoms with Crippen LogP contribution in [0, 0.1) is 5.92 Å². The number of carbonyl (C=O) groups is 1. The summed E-state index contributed by atoms with van der Waals surface area (Å²) in [6.07, 6.45) is 3.95. The largest absolute Gasteiger partial charge is 0.354 e. The van der Waals surface area contributed by atoms with Gasteiger partial charge in [0.25, 0.3) is 0 Å². The maximum Gasteiger partial charge on any atom is 0.223 e. The first-order valence-electron chi connectivity index (χ1n) is 8.57. The molecule has 0 N–H and O–H groups in total. The number of hydrogen-bond acceptors (Lipinski definition) is 4. The van der Waals surface area contributed by atoms with Crippen molar-refractivity contribution in [2.45, 2.75) is 25.3 Å². The summed E-state index contributed by atoms with van der Waals surface area (Å²) in [6.45, 7) is 1.87. The van der Waals surface area contributed by atoms with Gasteiger partial charge in [0.2, 0.25) is 5.91 Å². The van der Waals surface area contributed by atoms with Crippen LogP contribution in [0.2, 0.25) is 0 Å². The van der Waals surface area contributed by atoms with Gasteiger partial charge in [0.1, 0.15) is 0 Å². The van der Waals surface area contributed by atoms with Gasteiger partial charge in [0, 0.05) is 48.8 Å². The van der Waals surface area contributed by atoms with Gasteiger partial charge in [-0.2, -0.15) is 5.10 Å². The molecule has 5 nitrogen and oxygen atoms in total. The molecule has 0 saturated carbocycles. The topological polar surface area (TPSA) is 49.3 Å². The molecule has 1 aromatic heterocycles. The molecule has 0 aliphatic carbocycles. The molecule has 1 atom stereocenters. The molecule has 0 spiro atoms. The van der Waals surface area contributed by atoms with Crippen LogP contribution in [-0.2, 0) is 4.79 Å². The zero-order chi connectivity index (χ0) is 16.5. The van der Waals surface area contributed by atoms with Crippen LogP contribution in [0.15, 0.2) is 30.5 Å². The fourth-order valence-electron chi connectivity index (χ4n) is 3.90. The van der Waals surface area contributed by atoms with Crippen LogP contribution in [0.5, 0.6) is 0 Å². The van der Waals surface area contributed by atoms with Gasteiger partial charge in [-0.05, 0) is 12.8 Å². The number of rotatable bonds is 3. The number of halogens is 1. The summed E-state index contributed by atoms with van der Waals surface area (Å²) >= 11 is 0. The molecule has 126 valence electrons. The average molecular weight is 328 g/mol. The van der Waals surface area contributed by atoms with Crippen LogP contribution in [0.3, 0.4) is 0 Å². The van der Waals surface area contributed by atoms with E-state index in [0.29, 0.717) is 13.0 Å². The van der Waals surface area contributed by atoms with Crippen LogP contribution in [0.4, 0.5) is 10.2 Å². The SMILES string of the molecule is O=C1CC(CF)CN1C1CCN(c2nncc3ccccc23)CC1. The van der Waals surface area contributed by atoms with Crippen molar-refractivity contribution in [2.24, 2.45) is 5.92 Å². The Morgan fingerprint density at radius 3 is 2.75 bits per heavy atom. The van der Waals surface area contributed by atoms with E-state index >= 15 is 0 Å². The minimum absolute atomic E-state index is 0.112. The van der Waals surface area contributed by atoms with Crippen molar-refractivity contribution in [3.8, 4) is 0 Å². The smallest absolute Gasteiger partial charge is 0.223 e. The molecule has 4 rings (SSSR count). The Balaban J connectivity index is 1.47. The van der Waals surface area contributed by atoms with Gasteiger partial charge < -0.3 is 9.80 Å². The molecule has 6 heteroatoms. The average Bonchev–Trinajstić information content (AvgIpc) is 3.02. The van der Waals surface area contributed by atoms with Crippen LogP contribution in [0.1, 0.15) is 19.3 Å². The summed E-state index contributed by atoms with van der Waals surface area (Å²) in [4.78, 5) is 16.2. The second-order valence-corrected chi connectivity index (χ2v) is 6.74. The molecule has 2 aromatic rings. The van der Waals surface area contributed by atoms with Crippen molar-refractivity contribution in [3.05, 3.63) is 30.5 Å². The van der Waals surface area contributed by atoms with Crippen molar-refractivity contribution >= 4 is 22.5 Å². The predicted octanol–water partition coefficient (Wildman–Crippen LogP) is 2.42. The summed E-state index contributed by atoms with van der Waals surface area (Å²) in [6, 6.07) is 8.36. The van der Waals surface area contributed by atoms with E-state index in [4.69, 9.17) is 0 Å². The highest BCUT2D eigenvalue weighted by Gasteiger charge is 2.36. The van der Waals surface area contributed by atoms with Crippen LogP contribution in [-0.4, -0.2) is 53.4 Å². The van der Waals surface area contributed by atoms with E-state index in [9.17, 15) is 9.18 Å². The lowest BCUT2D eigenvalue weighted by Gasteiger charge is -2.37. The van der Waals surface area contributed by atoms with Crippen molar-refractivity contribution < 1.29 is 9.18 Å². The molecule has 3 heterocycles. The molecule has 24 heavy (non-hydrogen) atoms. The number of amides is 1. The van der Waals surface area contributed by atoms with E-state index in [0.717, 1.165) is 42.5 Å². The second kappa shape index (κ2) is 6.34. The highest BCUT2D eigenvalue weighted by atomic mass is 19.1. The van der Waals surface area contributed by atoms with E-state index in [1.807, 2.05) is 23.1 Å². The molecule has 1 aromatic carbocycles. The zero-order valence-electron chi connectivity index (χ0n) is 13.6. The number of nitrogens with zero attached hydrogens (tertiary/aromatic N) is 4. The molecule has 2 aliphatic heterocycles. The lowest BCUT2D eigenvalue weighted by molar-refractivity contribution is -0.130. The summed E-state index contributed by atoms with van der Waals surface area (Å²) in [5, 5.41) is 10.7. The van der Waals surface area contributed by atoms with E-state index in [1.165, 1.54) is 0 Å². The highest BCUT2D eigenvalue weighted by Crippen LogP contribution is 2.29. The zero-order valence-corrected chi connectivity index (χ0v) is 13.6. The predicted molar refractivity (Wildman–Crippen MR) is 90.6 cm³/mol. The first-order valence-corrected chi connectivity index (χ1v) is 8.57. The first kappa shape index (κ1) is 15.3. The lowest BCUT2D eigenvalue weighted by Crippen LogP contribution is -2.46. The quantitative estimate of drug-likeness (QED) is 0.868. The first-order chi connectivity index (χ1) is 11.8. The van der Waals surface area contributed by atoms with Crippen molar-refractivity contribution in [1.29, 1.82) is 0 Å². The highest BCUT2D eigenvalue weighted by molar-refractivity contribution is 5.91. The van der Waals surface area contributed by atoms with Crippen molar-refractivity contribution in [2.75, 3.05) is 31.2 Å². The third-order valence-corrected chi connectivity index (χ3v) is 5.21. The van der Waals surface area contributed by atoms with Crippen molar-refractivity contribution in [1.82, 2.24) is 15.1 Å². The summed E-state index contributed by atoms with van der Waals surface area (Å²) < 4.78 is 12.8. The fraction of sp³-hybridized carbons (Fsp3) is 0.500. The molecule has 2 aliphatic rings. The maximum absolute atomic E-state index is 12.8. The van der Waals surface area contributed by atoms with E-state index < -0.39 is 6.67 Å². The third-order valence-electron chi connectivity index (χ3n) is 5.21. The van der Waals surface area contributed by atoms with E-state index in [2.05, 4.69) is 21.2 Å². The Bertz CT molecular complexity index is 739. The van der Waals surface area contributed by atoms with Crippen LogP contribution in [0.25, 0.3) is 10.8 Å². The van der Waals surface area contributed by atoms with Gasteiger partial charge in [-0.3, -0.25) is 9.18 Å². The Morgan fingerprint density at radius 2 is 2.00 bits per heavy atom. The van der Waals surface area contributed by atoms with E-state index in [1.54, 1.807) is 6.20 Å². The van der Waals surface area contributed by atoms with Gasteiger partial charge >= 0.3 is 0 Å². The number of fused-ring (bicyclic) bond motifs is 1. The summed E-state index contributed by atoms with van der Waals surface area (Å²) in [5.74, 6) is 0.918. The minimum atomic E-state index is -0.396. The lowest BCUT2D eigenvalue weighted by atomic mass is 10.0. The van der Waals surface area contributed by atoms with Gasteiger partial charge in [-0.25, -0.2) is 0 Å². The molecule has 0 radical (unpaired) electrons. The number of likely N-dealkylation sites (tertiary alicyclic amines) is 1. The third kappa shape index (κ3) is 2.70.